The van der Waals surface area contributed by atoms with Crippen LogP contribution in [0.5, 0.6) is 0 Å². The van der Waals surface area contributed by atoms with Gasteiger partial charge in [-0.3, -0.25) is 14.3 Å². The number of aromatic nitrogens is 2. The molecule has 2 fully saturated rings. The maximum atomic E-state index is 13.3. The molecule has 0 bridgehead atoms. The van der Waals surface area contributed by atoms with E-state index in [4.69, 9.17) is 5.10 Å². The molecule has 30 heavy (non-hydrogen) atoms. The quantitative estimate of drug-likeness (QED) is 0.755. The van der Waals surface area contributed by atoms with E-state index in [9.17, 15) is 9.59 Å². The van der Waals surface area contributed by atoms with E-state index in [-0.39, 0.29) is 17.9 Å². The van der Waals surface area contributed by atoms with Crippen molar-refractivity contribution in [3.63, 3.8) is 0 Å². The first-order chi connectivity index (χ1) is 14.3. The van der Waals surface area contributed by atoms with Gasteiger partial charge in [0.25, 0.3) is 5.91 Å². The van der Waals surface area contributed by atoms with Gasteiger partial charge in [0.05, 0.1) is 5.52 Å². The molecule has 1 aromatic carbocycles. The first-order valence-electron chi connectivity index (χ1n) is 11.4. The molecule has 162 valence electrons. The van der Waals surface area contributed by atoms with E-state index >= 15 is 0 Å². The molecule has 4 rings (SSSR count). The molecule has 1 unspecified atom stereocenters. The molecular formula is C24H34N4O2. The van der Waals surface area contributed by atoms with Crippen LogP contribution < -0.4 is 10.6 Å². The van der Waals surface area contributed by atoms with E-state index in [0.29, 0.717) is 11.6 Å². The predicted molar refractivity (Wildman–Crippen MR) is 118 cm³/mol. The number of carbonyl (C=O) groups excluding carboxylic acids is 2. The van der Waals surface area contributed by atoms with Gasteiger partial charge in [0, 0.05) is 18.0 Å². The van der Waals surface area contributed by atoms with Crippen molar-refractivity contribution in [1.29, 1.82) is 0 Å². The smallest absolute Gasteiger partial charge is 0.273 e. The van der Waals surface area contributed by atoms with Gasteiger partial charge in [-0.1, -0.05) is 58.2 Å². The summed E-state index contributed by atoms with van der Waals surface area (Å²) in [6.45, 7) is 6.78. The Morgan fingerprint density at radius 1 is 1.10 bits per heavy atom. The first kappa shape index (κ1) is 20.9. The van der Waals surface area contributed by atoms with Crippen molar-refractivity contribution in [2.45, 2.75) is 84.3 Å². The Morgan fingerprint density at radius 3 is 2.47 bits per heavy atom. The summed E-state index contributed by atoms with van der Waals surface area (Å²) in [5.74, 6) is 0.230. The molecule has 6 nitrogen and oxygen atoms in total. The van der Waals surface area contributed by atoms with Crippen molar-refractivity contribution in [3.05, 3.63) is 30.0 Å². The van der Waals surface area contributed by atoms with Crippen molar-refractivity contribution in [1.82, 2.24) is 20.4 Å². The molecular weight excluding hydrogens is 376 g/mol. The number of nitrogens with zero attached hydrogens (tertiary/aromatic N) is 2. The van der Waals surface area contributed by atoms with Crippen LogP contribution in [0.15, 0.2) is 24.3 Å². The monoisotopic (exact) mass is 410 g/mol. The molecule has 0 spiro atoms. The summed E-state index contributed by atoms with van der Waals surface area (Å²) in [5.41, 5.74) is 1.01. The molecule has 2 N–H and O–H groups in total. The van der Waals surface area contributed by atoms with Gasteiger partial charge in [0.1, 0.15) is 6.04 Å². The summed E-state index contributed by atoms with van der Waals surface area (Å²) in [5, 5.41) is 11.6. The van der Waals surface area contributed by atoms with Crippen LogP contribution in [-0.4, -0.2) is 33.7 Å². The van der Waals surface area contributed by atoms with Crippen molar-refractivity contribution in [3.8, 4) is 0 Å². The van der Waals surface area contributed by atoms with Crippen molar-refractivity contribution in [2.24, 2.45) is 11.3 Å². The first-order valence-corrected chi connectivity index (χ1v) is 11.4. The third kappa shape index (κ3) is 4.68. The van der Waals surface area contributed by atoms with E-state index < -0.39 is 11.5 Å². The predicted octanol–water partition coefficient (Wildman–Crippen LogP) is 4.04. The number of fused-ring (bicyclic) bond motifs is 1. The van der Waals surface area contributed by atoms with Crippen molar-refractivity contribution < 1.29 is 9.59 Å². The molecule has 2 saturated carbocycles. The lowest BCUT2D eigenvalue weighted by Crippen LogP contribution is -2.54. The van der Waals surface area contributed by atoms with Crippen LogP contribution in [-0.2, 0) is 11.3 Å². The van der Waals surface area contributed by atoms with Crippen LogP contribution in [0.1, 0.15) is 76.2 Å². The number of hydrogen-bond acceptors (Lipinski definition) is 3. The SMILES string of the molecule is CC(C)(C)C(NC(=O)c1nn(CC2CCCCC2)c2ccccc12)C(=O)NC1CC1. The number of carbonyl (C=O) groups is 2. The normalized spacial score (nSPS) is 18.9. The van der Waals surface area contributed by atoms with Gasteiger partial charge in [0.15, 0.2) is 5.69 Å². The second-order valence-electron chi connectivity index (χ2n) is 10.1. The molecule has 1 atom stereocenters. The Balaban J connectivity index is 1.57. The van der Waals surface area contributed by atoms with Crippen LogP contribution in [0.25, 0.3) is 10.9 Å². The number of rotatable bonds is 6. The average Bonchev–Trinajstić information content (AvgIpc) is 3.45. The Kier molecular flexibility index (Phi) is 5.85. The number of nitrogens with one attached hydrogen (secondary N) is 2. The molecule has 0 radical (unpaired) electrons. The minimum absolute atomic E-state index is 0.107. The number of amides is 2. The summed E-state index contributed by atoms with van der Waals surface area (Å²) >= 11 is 0. The van der Waals surface area contributed by atoms with E-state index in [1.807, 2.05) is 49.7 Å². The topological polar surface area (TPSA) is 76.0 Å². The summed E-state index contributed by atoms with van der Waals surface area (Å²) in [7, 11) is 0. The summed E-state index contributed by atoms with van der Waals surface area (Å²) in [6, 6.07) is 7.56. The maximum absolute atomic E-state index is 13.3. The maximum Gasteiger partial charge on any atom is 0.273 e. The van der Waals surface area contributed by atoms with Crippen LogP contribution in [0.2, 0.25) is 0 Å². The lowest BCUT2D eigenvalue weighted by Gasteiger charge is -2.30. The highest BCUT2D eigenvalue weighted by atomic mass is 16.2. The lowest BCUT2D eigenvalue weighted by atomic mass is 9.86. The van der Waals surface area contributed by atoms with Crippen LogP contribution in [0.4, 0.5) is 0 Å². The molecule has 2 aromatic rings. The summed E-state index contributed by atoms with van der Waals surface area (Å²) in [4.78, 5) is 26.0. The average molecular weight is 411 g/mol. The van der Waals surface area contributed by atoms with Crippen LogP contribution in [0, 0.1) is 11.3 Å². The highest BCUT2D eigenvalue weighted by molar-refractivity contribution is 6.06. The molecule has 2 amide bonds. The minimum atomic E-state index is -0.604. The van der Waals surface area contributed by atoms with Gasteiger partial charge in [0.2, 0.25) is 5.91 Å². The van der Waals surface area contributed by atoms with Gasteiger partial charge in [-0.15, -0.1) is 0 Å². The van der Waals surface area contributed by atoms with Gasteiger partial charge in [-0.05, 0) is 43.1 Å². The molecule has 0 saturated heterocycles. The molecule has 0 aliphatic heterocycles. The van der Waals surface area contributed by atoms with E-state index in [1.54, 1.807) is 0 Å². The number of para-hydroxylation sites is 1. The van der Waals surface area contributed by atoms with E-state index in [0.717, 1.165) is 30.3 Å². The second kappa shape index (κ2) is 8.40. The van der Waals surface area contributed by atoms with E-state index in [1.165, 1.54) is 32.1 Å². The van der Waals surface area contributed by atoms with Gasteiger partial charge in [-0.25, -0.2) is 0 Å². The highest BCUT2D eigenvalue weighted by Gasteiger charge is 2.36. The fourth-order valence-corrected chi connectivity index (χ4v) is 4.44. The number of hydrogen-bond donors (Lipinski definition) is 2. The van der Waals surface area contributed by atoms with Gasteiger partial charge < -0.3 is 10.6 Å². The zero-order chi connectivity index (χ0) is 21.3. The summed E-state index contributed by atoms with van der Waals surface area (Å²) < 4.78 is 2.00. The fourth-order valence-electron chi connectivity index (χ4n) is 4.44. The fraction of sp³-hybridized carbons (Fsp3) is 0.625. The lowest BCUT2D eigenvalue weighted by molar-refractivity contribution is -0.125. The Hall–Kier alpha value is -2.37. The van der Waals surface area contributed by atoms with Gasteiger partial charge >= 0.3 is 0 Å². The molecule has 1 aromatic heterocycles. The van der Waals surface area contributed by atoms with Crippen LogP contribution in [0.3, 0.4) is 0 Å². The second-order valence-corrected chi connectivity index (χ2v) is 10.1. The molecule has 2 aliphatic carbocycles. The van der Waals surface area contributed by atoms with Crippen molar-refractivity contribution in [2.75, 3.05) is 0 Å². The zero-order valence-electron chi connectivity index (χ0n) is 18.4. The minimum Gasteiger partial charge on any atom is -0.352 e. The highest BCUT2D eigenvalue weighted by Crippen LogP contribution is 2.28. The number of benzene rings is 1. The van der Waals surface area contributed by atoms with Gasteiger partial charge in [-0.2, -0.15) is 5.10 Å². The third-order valence-corrected chi connectivity index (χ3v) is 6.36. The molecule has 1 heterocycles. The largest absolute Gasteiger partial charge is 0.352 e. The molecule has 2 aliphatic rings. The zero-order valence-corrected chi connectivity index (χ0v) is 18.4. The Bertz CT molecular complexity index is 917. The Labute approximate surface area is 178 Å². The van der Waals surface area contributed by atoms with E-state index in [2.05, 4.69) is 10.6 Å². The Morgan fingerprint density at radius 2 is 1.80 bits per heavy atom. The summed E-state index contributed by atoms with van der Waals surface area (Å²) in [6.07, 6.45) is 8.37. The molecule has 6 heteroatoms. The van der Waals surface area contributed by atoms with Crippen molar-refractivity contribution >= 4 is 22.7 Å². The standard InChI is InChI=1S/C24H34N4O2/c1-24(2,3)21(23(30)25-17-13-14-17)26-22(29)20-18-11-7-8-12-19(18)28(27-20)15-16-9-5-4-6-10-16/h7-8,11-12,16-17,21H,4-6,9-10,13-15H2,1-3H3,(H,25,30)(H,26,29). The third-order valence-electron chi connectivity index (χ3n) is 6.36. The van der Waals surface area contributed by atoms with Crippen LogP contribution >= 0.6 is 0 Å².